The Morgan fingerprint density at radius 2 is 1.42 bits per heavy atom. The van der Waals surface area contributed by atoms with Gasteiger partial charge in [0.05, 0.1) is 11.4 Å². The van der Waals surface area contributed by atoms with Crippen LogP contribution in [0.25, 0.3) is 11.3 Å². The van der Waals surface area contributed by atoms with Crippen molar-refractivity contribution in [2.45, 2.75) is 117 Å². The highest BCUT2D eigenvalue weighted by Gasteiger charge is 2.20. The van der Waals surface area contributed by atoms with Gasteiger partial charge in [0.15, 0.2) is 0 Å². The lowest BCUT2D eigenvalue weighted by molar-refractivity contribution is 0.248. The molecule has 0 amide bonds. The van der Waals surface area contributed by atoms with Crippen LogP contribution in [0.1, 0.15) is 115 Å². The number of hydrogen-bond donors (Lipinski definition) is 0. The van der Waals surface area contributed by atoms with E-state index in [0.717, 1.165) is 53.6 Å². The summed E-state index contributed by atoms with van der Waals surface area (Å²) in [6.07, 6.45) is 20.2. The van der Waals surface area contributed by atoms with Crippen molar-refractivity contribution in [3.05, 3.63) is 47.4 Å². The van der Waals surface area contributed by atoms with Crippen LogP contribution in [-0.4, -0.2) is 10.2 Å². The smallest absolute Gasteiger partial charge is 0.127 e. The maximum Gasteiger partial charge on any atom is 0.127 e. The number of aryl methyl sites for hydroxylation is 2. The first-order valence-corrected chi connectivity index (χ1v) is 13.8. The zero-order chi connectivity index (χ0) is 23.3. The molecule has 2 aromatic rings. The number of unbranched alkanes of at least 4 members (excludes halogenated alkanes) is 6. The van der Waals surface area contributed by atoms with Gasteiger partial charge in [-0.25, -0.2) is 4.39 Å². The highest BCUT2D eigenvalue weighted by molar-refractivity contribution is 5.59. The Morgan fingerprint density at radius 1 is 0.727 bits per heavy atom. The lowest BCUT2D eigenvalue weighted by atomic mass is 9.78. The molecule has 0 saturated heterocycles. The van der Waals surface area contributed by atoms with Crippen LogP contribution in [0.2, 0.25) is 0 Å². The molecule has 182 valence electrons. The summed E-state index contributed by atoms with van der Waals surface area (Å²) in [5.41, 5.74) is 3.47. The average molecular weight is 453 g/mol. The molecule has 2 nitrogen and oxygen atoms in total. The van der Waals surface area contributed by atoms with E-state index in [2.05, 4.69) is 30.1 Å². The molecule has 1 saturated carbocycles. The lowest BCUT2D eigenvalue weighted by Crippen LogP contribution is -2.15. The maximum absolute atomic E-state index is 14.6. The van der Waals surface area contributed by atoms with Gasteiger partial charge in [-0.2, -0.15) is 10.2 Å². The molecule has 1 aliphatic rings. The SMILES string of the molecule is CCCCCCCc1ccc(-c2ccc(CCC3CCC(CCCCC)CC3)nn2)cc1F. The third-order valence-electron chi connectivity index (χ3n) is 7.61. The fourth-order valence-corrected chi connectivity index (χ4v) is 5.32. The van der Waals surface area contributed by atoms with E-state index in [1.54, 1.807) is 6.07 Å². The van der Waals surface area contributed by atoms with Crippen molar-refractivity contribution < 1.29 is 4.39 Å². The van der Waals surface area contributed by atoms with Gasteiger partial charge in [0.1, 0.15) is 5.82 Å². The van der Waals surface area contributed by atoms with Crippen molar-refractivity contribution in [1.29, 1.82) is 0 Å². The van der Waals surface area contributed by atoms with Crippen molar-refractivity contribution in [2.75, 3.05) is 0 Å². The zero-order valence-electron chi connectivity index (χ0n) is 21.1. The van der Waals surface area contributed by atoms with E-state index in [0.29, 0.717) is 0 Å². The van der Waals surface area contributed by atoms with Gasteiger partial charge in [-0.05, 0) is 61.3 Å². The number of nitrogens with zero attached hydrogens (tertiary/aromatic N) is 2. The molecule has 1 aromatic carbocycles. The monoisotopic (exact) mass is 452 g/mol. The van der Waals surface area contributed by atoms with Crippen LogP contribution in [-0.2, 0) is 12.8 Å². The molecule has 0 spiro atoms. The summed E-state index contributed by atoms with van der Waals surface area (Å²) in [4.78, 5) is 0. The Labute approximate surface area is 201 Å². The lowest BCUT2D eigenvalue weighted by Gasteiger charge is -2.28. The first-order chi connectivity index (χ1) is 16.2. The second-order valence-corrected chi connectivity index (χ2v) is 10.3. The normalized spacial score (nSPS) is 18.5. The van der Waals surface area contributed by atoms with Crippen LogP contribution in [0.3, 0.4) is 0 Å². The van der Waals surface area contributed by atoms with Gasteiger partial charge in [0.25, 0.3) is 0 Å². The maximum atomic E-state index is 14.6. The molecule has 33 heavy (non-hydrogen) atoms. The fourth-order valence-electron chi connectivity index (χ4n) is 5.32. The van der Waals surface area contributed by atoms with E-state index < -0.39 is 0 Å². The van der Waals surface area contributed by atoms with Gasteiger partial charge in [0, 0.05) is 5.56 Å². The van der Waals surface area contributed by atoms with E-state index >= 15 is 0 Å². The molecule has 0 N–H and O–H groups in total. The van der Waals surface area contributed by atoms with Crippen molar-refractivity contribution in [1.82, 2.24) is 10.2 Å². The van der Waals surface area contributed by atoms with Crippen LogP contribution < -0.4 is 0 Å². The number of hydrogen-bond acceptors (Lipinski definition) is 2. The molecular formula is C30H45FN2. The Kier molecular flexibility index (Phi) is 11.3. The van der Waals surface area contributed by atoms with Gasteiger partial charge in [-0.15, -0.1) is 0 Å². The topological polar surface area (TPSA) is 25.8 Å². The summed E-state index contributed by atoms with van der Waals surface area (Å²) < 4.78 is 14.6. The summed E-state index contributed by atoms with van der Waals surface area (Å²) in [7, 11) is 0. The Morgan fingerprint density at radius 3 is 2.09 bits per heavy atom. The number of benzene rings is 1. The third kappa shape index (κ3) is 8.83. The van der Waals surface area contributed by atoms with Gasteiger partial charge in [-0.1, -0.05) is 103 Å². The zero-order valence-corrected chi connectivity index (χ0v) is 21.1. The Balaban J connectivity index is 1.42. The highest BCUT2D eigenvalue weighted by atomic mass is 19.1. The van der Waals surface area contributed by atoms with Gasteiger partial charge < -0.3 is 0 Å². The van der Waals surface area contributed by atoms with Crippen molar-refractivity contribution in [3.63, 3.8) is 0 Å². The summed E-state index contributed by atoms with van der Waals surface area (Å²) in [6.45, 7) is 4.51. The molecule has 1 fully saturated rings. The van der Waals surface area contributed by atoms with Crippen LogP contribution in [0, 0.1) is 17.7 Å². The quantitative estimate of drug-likeness (QED) is 0.267. The molecule has 0 bridgehead atoms. The van der Waals surface area contributed by atoms with Crippen LogP contribution in [0.4, 0.5) is 4.39 Å². The van der Waals surface area contributed by atoms with Crippen molar-refractivity contribution in [3.8, 4) is 11.3 Å². The molecule has 0 unspecified atom stereocenters. The van der Waals surface area contributed by atoms with Gasteiger partial charge >= 0.3 is 0 Å². The van der Waals surface area contributed by atoms with E-state index in [-0.39, 0.29) is 5.82 Å². The predicted molar refractivity (Wildman–Crippen MR) is 138 cm³/mol. The number of rotatable bonds is 14. The Hall–Kier alpha value is -1.77. The van der Waals surface area contributed by atoms with E-state index in [9.17, 15) is 4.39 Å². The predicted octanol–water partition coefficient (Wildman–Crippen LogP) is 9.11. The van der Waals surface area contributed by atoms with E-state index in [1.165, 1.54) is 83.5 Å². The van der Waals surface area contributed by atoms with Crippen LogP contribution >= 0.6 is 0 Å². The summed E-state index contributed by atoms with van der Waals surface area (Å²) in [5, 5.41) is 8.88. The largest absolute Gasteiger partial charge is 0.207 e. The Bertz CT molecular complexity index is 793. The molecule has 0 atom stereocenters. The minimum Gasteiger partial charge on any atom is -0.207 e. The standard InChI is InChI=1S/C30H45FN2/c1-3-5-7-8-10-12-26-18-19-27(23-29(26)31)30-22-21-28(32-33-30)20-17-25-15-13-24(14-16-25)11-9-6-4-2/h18-19,21-25H,3-17,20H2,1-2H3. The van der Waals surface area contributed by atoms with Crippen molar-refractivity contribution >= 4 is 0 Å². The summed E-state index contributed by atoms with van der Waals surface area (Å²) in [6, 6.07) is 9.64. The average Bonchev–Trinajstić information content (AvgIpc) is 2.85. The second-order valence-electron chi connectivity index (χ2n) is 10.3. The molecule has 0 radical (unpaired) electrons. The molecule has 3 rings (SSSR count). The minimum atomic E-state index is -0.112. The van der Waals surface area contributed by atoms with Crippen LogP contribution in [0.15, 0.2) is 30.3 Å². The van der Waals surface area contributed by atoms with Gasteiger partial charge in [-0.3, -0.25) is 0 Å². The molecule has 0 aliphatic heterocycles. The number of halogens is 1. The first-order valence-electron chi connectivity index (χ1n) is 13.8. The van der Waals surface area contributed by atoms with E-state index in [4.69, 9.17) is 0 Å². The molecular weight excluding hydrogens is 407 g/mol. The second kappa shape index (κ2) is 14.5. The molecule has 3 heteroatoms. The summed E-state index contributed by atoms with van der Waals surface area (Å²) in [5.74, 6) is 1.70. The van der Waals surface area contributed by atoms with Gasteiger partial charge in [0.2, 0.25) is 0 Å². The fraction of sp³-hybridized carbons (Fsp3) is 0.667. The number of aromatic nitrogens is 2. The highest BCUT2D eigenvalue weighted by Crippen LogP contribution is 2.34. The molecule has 1 heterocycles. The van der Waals surface area contributed by atoms with Crippen LogP contribution in [0.5, 0.6) is 0 Å². The molecule has 1 aromatic heterocycles. The minimum absolute atomic E-state index is 0.112. The third-order valence-corrected chi connectivity index (χ3v) is 7.61. The first kappa shape index (κ1) is 25.8. The summed E-state index contributed by atoms with van der Waals surface area (Å²) >= 11 is 0. The van der Waals surface area contributed by atoms with E-state index in [1.807, 2.05) is 18.2 Å². The van der Waals surface area contributed by atoms with Crippen molar-refractivity contribution in [2.24, 2.45) is 11.8 Å². The molecule has 1 aliphatic carbocycles.